The maximum absolute atomic E-state index is 12.0. The normalized spacial score (nSPS) is 20.9. The molecule has 1 rings (SSSR count). The second-order valence-electron chi connectivity index (χ2n) is 6.55. The van der Waals surface area contributed by atoms with Crippen molar-refractivity contribution in [1.29, 1.82) is 0 Å². The third-order valence-electron chi connectivity index (χ3n) is 4.29. The van der Waals surface area contributed by atoms with Crippen molar-refractivity contribution < 1.29 is 9.53 Å². The summed E-state index contributed by atoms with van der Waals surface area (Å²) in [5, 5.41) is 0. The minimum atomic E-state index is -0.0191. The molecular weight excluding hydrogens is 262 g/mol. The summed E-state index contributed by atoms with van der Waals surface area (Å²) < 4.78 is 5.22. The molecule has 2 atom stereocenters. The zero-order chi connectivity index (χ0) is 15.7. The predicted molar refractivity (Wildman–Crippen MR) is 88.3 cm³/mol. The summed E-state index contributed by atoms with van der Waals surface area (Å²) in [4.78, 5) is 14.4. The molecule has 0 saturated carbocycles. The van der Waals surface area contributed by atoms with Gasteiger partial charge in [-0.3, -0.25) is 9.69 Å². The maximum Gasteiger partial charge on any atom is 0.323 e. The zero-order valence-electron chi connectivity index (χ0n) is 14.4. The third kappa shape index (κ3) is 7.12. The minimum absolute atomic E-state index is 0.00341. The minimum Gasteiger partial charge on any atom is -0.465 e. The number of esters is 1. The van der Waals surface area contributed by atoms with E-state index in [2.05, 4.69) is 31.7 Å². The van der Waals surface area contributed by atoms with Crippen molar-refractivity contribution in [3.8, 4) is 0 Å². The summed E-state index contributed by atoms with van der Waals surface area (Å²) >= 11 is 0. The fourth-order valence-corrected chi connectivity index (χ4v) is 2.95. The lowest BCUT2D eigenvalue weighted by atomic mass is 9.97. The second kappa shape index (κ2) is 9.99. The lowest BCUT2D eigenvalue weighted by Gasteiger charge is -2.34. The Morgan fingerprint density at radius 1 is 1.33 bits per heavy atom. The molecule has 122 valence electrons. The summed E-state index contributed by atoms with van der Waals surface area (Å²) in [6.45, 7) is 11.1. The molecule has 0 aliphatic carbocycles. The SMILES string of the molecule is CCOC(=O)[C@@H]1CCCCN1CC[C@H](C)CCC=C(C)C. The first-order chi connectivity index (χ1) is 10.0. The predicted octanol–water partition coefficient (Wildman–Crippen LogP) is 4.18. The number of likely N-dealkylation sites (tertiary alicyclic amines) is 1. The number of hydrogen-bond acceptors (Lipinski definition) is 3. The Morgan fingerprint density at radius 2 is 2.10 bits per heavy atom. The van der Waals surface area contributed by atoms with Gasteiger partial charge in [-0.1, -0.05) is 25.0 Å². The zero-order valence-corrected chi connectivity index (χ0v) is 14.4. The Kier molecular flexibility index (Phi) is 8.67. The largest absolute Gasteiger partial charge is 0.465 e. The summed E-state index contributed by atoms with van der Waals surface area (Å²) in [6.07, 6.45) is 9.22. The highest BCUT2D eigenvalue weighted by Gasteiger charge is 2.29. The molecule has 0 N–H and O–H groups in total. The molecule has 3 heteroatoms. The highest BCUT2D eigenvalue weighted by Crippen LogP contribution is 2.20. The van der Waals surface area contributed by atoms with Crippen LogP contribution in [0, 0.1) is 5.92 Å². The topological polar surface area (TPSA) is 29.5 Å². The van der Waals surface area contributed by atoms with Gasteiger partial charge < -0.3 is 4.74 Å². The molecule has 1 aliphatic rings. The van der Waals surface area contributed by atoms with Crippen LogP contribution in [-0.4, -0.2) is 36.6 Å². The first kappa shape index (κ1) is 18.2. The number of allylic oxidation sites excluding steroid dienone is 2. The Morgan fingerprint density at radius 3 is 2.76 bits per heavy atom. The van der Waals surface area contributed by atoms with Gasteiger partial charge in [0.1, 0.15) is 6.04 Å². The fourth-order valence-electron chi connectivity index (χ4n) is 2.95. The maximum atomic E-state index is 12.0. The van der Waals surface area contributed by atoms with E-state index in [0.29, 0.717) is 12.5 Å². The molecule has 1 heterocycles. The van der Waals surface area contributed by atoms with Crippen molar-refractivity contribution in [2.75, 3.05) is 19.7 Å². The Balaban J connectivity index is 2.36. The summed E-state index contributed by atoms with van der Waals surface area (Å²) in [6, 6.07) is 0.00341. The molecule has 1 fully saturated rings. The highest BCUT2D eigenvalue weighted by atomic mass is 16.5. The Bertz CT molecular complexity index is 334. The smallest absolute Gasteiger partial charge is 0.323 e. The van der Waals surface area contributed by atoms with E-state index in [-0.39, 0.29) is 12.0 Å². The van der Waals surface area contributed by atoms with Gasteiger partial charge >= 0.3 is 5.97 Å². The molecule has 0 spiro atoms. The van der Waals surface area contributed by atoms with E-state index in [1.54, 1.807) is 0 Å². The quantitative estimate of drug-likeness (QED) is 0.497. The van der Waals surface area contributed by atoms with E-state index < -0.39 is 0 Å². The van der Waals surface area contributed by atoms with Crippen LogP contribution in [0.4, 0.5) is 0 Å². The second-order valence-corrected chi connectivity index (χ2v) is 6.55. The number of hydrogen-bond donors (Lipinski definition) is 0. The van der Waals surface area contributed by atoms with Gasteiger partial charge in [0, 0.05) is 0 Å². The number of piperidine rings is 1. The van der Waals surface area contributed by atoms with Crippen molar-refractivity contribution in [3.63, 3.8) is 0 Å². The summed E-state index contributed by atoms with van der Waals surface area (Å²) in [7, 11) is 0. The van der Waals surface area contributed by atoms with E-state index in [1.165, 1.54) is 31.3 Å². The van der Waals surface area contributed by atoms with Gasteiger partial charge in [-0.25, -0.2) is 0 Å². The molecule has 0 radical (unpaired) electrons. The van der Waals surface area contributed by atoms with E-state index in [0.717, 1.165) is 25.9 Å². The monoisotopic (exact) mass is 295 g/mol. The Hall–Kier alpha value is -0.830. The molecule has 0 unspecified atom stereocenters. The van der Waals surface area contributed by atoms with Crippen LogP contribution in [0.25, 0.3) is 0 Å². The lowest BCUT2D eigenvalue weighted by molar-refractivity contribution is -0.151. The number of rotatable bonds is 8. The van der Waals surface area contributed by atoms with Crippen molar-refractivity contribution in [2.24, 2.45) is 5.92 Å². The first-order valence-electron chi connectivity index (χ1n) is 8.58. The van der Waals surface area contributed by atoms with Gasteiger partial charge in [0.05, 0.1) is 6.61 Å². The van der Waals surface area contributed by atoms with Gasteiger partial charge in [0.15, 0.2) is 0 Å². The number of carbonyl (C=O) groups is 1. The average molecular weight is 295 g/mol. The Labute approximate surface area is 130 Å². The molecule has 0 bridgehead atoms. The molecule has 0 aromatic carbocycles. The molecule has 0 aromatic heterocycles. The van der Waals surface area contributed by atoms with E-state index >= 15 is 0 Å². The lowest BCUT2D eigenvalue weighted by Crippen LogP contribution is -2.46. The third-order valence-corrected chi connectivity index (χ3v) is 4.29. The number of nitrogens with zero attached hydrogens (tertiary/aromatic N) is 1. The summed E-state index contributed by atoms with van der Waals surface area (Å²) in [5.41, 5.74) is 1.40. The van der Waals surface area contributed by atoms with Crippen LogP contribution in [0.15, 0.2) is 11.6 Å². The van der Waals surface area contributed by atoms with Crippen molar-refractivity contribution in [2.45, 2.75) is 72.3 Å². The summed E-state index contributed by atoms with van der Waals surface area (Å²) in [5.74, 6) is 0.694. The standard InChI is InChI=1S/C18H33NO2/c1-5-21-18(20)17-11-6-7-13-19(17)14-12-16(4)10-8-9-15(2)3/h9,16-17H,5-8,10-14H2,1-4H3/t16-,17+/m1/s1. The van der Waals surface area contributed by atoms with E-state index in [1.807, 2.05) is 6.92 Å². The molecular formula is C18H33NO2. The van der Waals surface area contributed by atoms with Crippen LogP contribution in [0.2, 0.25) is 0 Å². The molecule has 0 aromatic rings. The average Bonchev–Trinajstić information content (AvgIpc) is 2.45. The van der Waals surface area contributed by atoms with Gasteiger partial charge in [0.25, 0.3) is 0 Å². The van der Waals surface area contributed by atoms with Gasteiger partial charge in [0.2, 0.25) is 0 Å². The van der Waals surface area contributed by atoms with Gasteiger partial charge in [-0.2, -0.15) is 0 Å². The number of ether oxygens (including phenoxy) is 1. The molecule has 1 aliphatic heterocycles. The van der Waals surface area contributed by atoms with E-state index in [4.69, 9.17) is 4.74 Å². The van der Waals surface area contributed by atoms with Crippen LogP contribution >= 0.6 is 0 Å². The molecule has 3 nitrogen and oxygen atoms in total. The number of carbonyl (C=O) groups excluding carboxylic acids is 1. The van der Waals surface area contributed by atoms with Crippen LogP contribution in [0.5, 0.6) is 0 Å². The van der Waals surface area contributed by atoms with Crippen LogP contribution < -0.4 is 0 Å². The molecule has 0 amide bonds. The van der Waals surface area contributed by atoms with Crippen LogP contribution in [-0.2, 0) is 9.53 Å². The van der Waals surface area contributed by atoms with Gasteiger partial charge in [-0.15, -0.1) is 0 Å². The van der Waals surface area contributed by atoms with Gasteiger partial charge in [-0.05, 0) is 71.9 Å². The molecule has 1 saturated heterocycles. The van der Waals surface area contributed by atoms with Crippen molar-refractivity contribution in [1.82, 2.24) is 4.90 Å². The van der Waals surface area contributed by atoms with Crippen molar-refractivity contribution >= 4 is 5.97 Å². The highest BCUT2D eigenvalue weighted by molar-refractivity contribution is 5.75. The van der Waals surface area contributed by atoms with Crippen molar-refractivity contribution in [3.05, 3.63) is 11.6 Å². The first-order valence-corrected chi connectivity index (χ1v) is 8.58. The van der Waals surface area contributed by atoms with Crippen LogP contribution in [0.1, 0.15) is 66.2 Å². The fraction of sp³-hybridized carbons (Fsp3) is 0.833. The van der Waals surface area contributed by atoms with E-state index in [9.17, 15) is 4.79 Å². The van der Waals surface area contributed by atoms with Crippen LogP contribution in [0.3, 0.4) is 0 Å². The molecule has 21 heavy (non-hydrogen) atoms.